The summed E-state index contributed by atoms with van der Waals surface area (Å²) in [5, 5.41) is 0. The number of benzene rings is 1. The summed E-state index contributed by atoms with van der Waals surface area (Å²) in [5.74, 6) is 0.896. The van der Waals surface area contributed by atoms with Crippen molar-refractivity contribution < 1.29 is 4.74 Å². The summed E-state index contributed by atoms with van der Waals surface area (Å²) in [4.78, 5) is 1.56. The van der Waals surface area contributed by atoms with E-state index in [2.05, 4.69) is 34.1 Å². The van der Waals surface area contributed by atoms with Crippen molar-refractivity contribution in [3.63, 3.8) is 0 Å². The Morgan fingerprint density at radius 3 is 2.78 bits per heavy atom. The lowest BCUT2D eigenvalue weighted by molar-refractivity contribution is 0.414. The molecule has 0 bridgehead atoms. The predicted molar refractivity (Wildman–Crippen MR) is 82.4 cm³/mol. The van der Waals surface area contributed by atoms with Gasteiger partial charge < -0.3 is 4.74 Å². The maximum absolute atomic E-state index is 6.10. The first kappa shape index (κ1) is 13.9. The fourth-order valence-electron chi connectivity index (χ4n) is 1.74. The predicted octanol–water partition coefficient (Wildman–Crippen LogP) is 5.40. The number of hydrogen-bond donors (Lipinski definition) is 0. The number of ether oxygens (including phenoxy) is 1. The topological polar surface area (TPSA) is 9.23 Å². The van der Waals surface area contributed by atoms with E-state index in [4.69, 9.17) is 16.3 Å². The van der Waals surface area contributed by atoms with E-state index in [0.29, 0.717) is 4.83 Å². The van der Waals surface area contributed by atoms with Gasteiger partial charge in [0.05, 0.1) is 16.3 Å². The fraction of sp³-hybridized carbons (Fsp3) is 0.286. The van der Waals surface area contributed by atoms with Gasteiger partial charge in [-0.3, -0.25) is 0 Å². The molecule has 1 heterocycles. The molecule has 0 fully saturated rings. The molecule has 0 aliphatic rings. The average Bonchev–Trinajstić information content (AvgIpc) is 2.70. The van der Waals surface area contributed by atoms with Crippen LogP contribution in [-0.4, -0.2) is 7.11 Å². The zero-order valence-corrected chi connectivity index (χ0v) is 13.4. The molecule has 0 saturated heterocycles. The molecule has 0 amide bonds. The van der Waals surface area contributed by atoms with Crippen LogP contribution >= 0.6 is 38.9 Å². The molecular formula is C14H14BrClOS. The van der Waals surface area contributed by atoms with Crippen LogP contribution in [0.1, 0.15) is 20.8 Å². The zero-order chi connectivity index (χ0) is 13.1. The Kier molecular flexibility index (Phi) is 4.71. The first-order valence-electron chi connectivity index (χ1n) is 5.63. The summed E-state index contributed by atoms with van der Waals surface area (Å²) in [6.07, 6.45) is 0.924. The summed E-state index contributed by atoms with van der Waals surface area (Å²) in [6.45, 7) is 2.04. The second-order valence-electron chi connectivity index (χ2n) is 4.13. The van der Waals surface area contributed by atoms with Gasteiger partial charge in [-0.25, -0.2) is 0 Å². The molecule has 0 aliphatic carbocycles. The summed E-state index contributed by atoms with van der Waals surface area (Å²) in [5.41, 5.74) is 2.39. The highest BCUT2D eigenvalue weighted by Gasteiger charge is 2.13. The largest absolute Gasteiger partial charge is 0.497 e. The molecule has 0 spiro atoms. The van der Waals surface area contributed by atoms with Crippen LogP contribution in [0.15, 0.2) is 30.3 Å². The average molecular weight is 346 g/mol. The third-order valence-electron chi connectivity index (χ3n) is 2.73. The molecule has 1 aromatic carbocycles. The van der Waals surface area contributed by atoms with E-state index in [1.807, 2.05) is 19.1 Å². The highest BCUT2D eigenvalue weighted by molar-refractivity contribution is 9.09. The van der Waals surface area contributed by atoms with Gasteiger partial charge >= 0.3 is 0 Å². The molecule has 1 unspecified atom stereocenters. The molecule has 18 heavy (non-hydrogen) atoms. The van der Waals surface area contributed by atoms with Gasteiger partial charge in [0, 0.05) is 4.88 Å². The first-order chi connectivity index (χ1) is 8.60. The van der Waals surface area contributed by atoms with Crippen molar-refractivity contribution in [1.82, 2.24) is 0 Å². The second-order valence-corrected chi connectivity index (χ2v) is 6.92. The molecule has 1 atom stereocenters. The van der Waals surface area contributed by atoms with Crippen molar-refractivity contribution in [1.29, 1.82) is 0 Å². The van der Waals surface area contributed by atoms with E-state index in [9.17, 15) is 0 Å². The lowest BCUT2D eigenvalue weighted by Crippen LogP contribution is -1.93. The van der Waals surface area contributed by atoms with Crippen molar-refractivity contribution in [2.24, 2.45) is 0 Å². The highest BCUT2D eigenvalue weighted by Crippen LogP contribution is 2.37. The minimum Gasteiger partial charge on any atom is -0.497 e. The molecule has 4 heteroatoms. The maximum atomic E-state index is 6.10. The van der Waals surface area contributed by atoms with E-state index < -0.39 is 0 Å². The summed E-state index contributed by atoms with van der Waals surface area (Å²) in [6, 6.07) is 10.3. The summed E-state index contributed by atoms with van der Waals surface area (Å²) in [7, 11) is 1.69. The van der Waals surface area contributed by atoms with Crippen LogP contribution in [-0.2, 0) is 6.42 Å². The second kappa shape index (κ2) is 6.09. The quantitative estimate of drug-likeness (QED) is 0.674. The molecule has 1 aromatic heterocycles. The third-order valence-corrected chi connectivity index (χ3v) is 5.52. The number of alkyl halides is 1. The minimum absolute atomic E-state index is 0.292. The van der Waals surface area contributed by atoms with Gasteiger partial charge in [-0.1, -0.05) is 39.7 Å². The van der Waals surface area contributed by atoms with E-state index >= 15 is 0 Å². The monoisotopic (exact) mass is 344 g/mol. The zero-order valence-electron chi connectivity index (χ0n) is 10.2. The number of rotatable bonds is 4. The van der Waals surface area contributed by atoms with Gasteiger partial charge in [-0.15, -0.1) is 11.3 Å². The van der Waals surface area contributed by atoms with Crippen LogP contribution in [0.2, 0.25) is 4.34 Å². The molecule has 2 rings (SSSR count). The van der Waals surface area contributed by atoms with Crippen LogP contribution in [0.25, 0.3) is 0 Å². The van der Waals surface area contributed by atoms with Crippen molar-refractivity contribution in [2.45, 2.75) is 18.2 Å². The molecule has 0 saturated carbocycles. The minimum atomic E-state index is 0.292. The standard InChI is InChI=1S/C14H14BrClOS/c1-9-6-13(18-14(9)16)12(15)8-10-4-3-5-11(7-10)17-2/h3-7,12H,8H2,1-2H3. The smallest absolute Gasteiger partial charge is 0.119 e. The van der Waals surface area contributed by atoms with Gasteiger partial charge in [-0.05, 0) is 42.7 Å². The van der Waals surface area contributed by atoms with Crippen molar-refractivity contribution in [3.05, 3.63) is 50.7 Å². The molecule has 0 N–H and O–H groups in total. The number of methoxy groups -OCH3 is 1. The Hall–Kier alpha value is -0.510. The van der Waals surface area contributed by atoms with Crippen LogP contribution < -0.4 is 4.74 Å². The Bertz CT molecular complexity index is 519. The van der Waals surface area contributed by atoms with Gasteiger partial charge in [0.1, 0.15) is 5.75 Å². The first-order valence-corrected chi connectivity index (χ1v) is 7.74. The van der Waals surface area contributed by atoms with Crippen LogP contribution in [0, 0.1) is 6.92 Å². The number of hydrogen-bond acceptors (Lipinski definition) is 2. The highest BCUT2D eigenvalue weighted by atomic mass is 79.9. The van der Waals surface area contributed by atoms with Crippen molar-refractivity contribution >= 4 is 38.9 Å². The fourth-order valence-corrected chi connectivity index (χ4v) is 3.73. The van der Waals surface area contributed by atoms with E-state index in [0.717, 1.165) is 22.1 Å². The molecule has 96 valence electrons. The Balaban J connectivity index is 2.13. The molecule has 1 nitrogen and oxygen atoms in total. The van der Waals surface area contributed by atoms with Gasteiger partial charge in [0.25, 0.3) is 0 Å². The van der Waals surface area contributed by atoms with Gasteiger partial charge in [0.2, 0.25) is 0 Å². The number of halogens is 2. The van der Waals surface area contributed by atoms with Crippen LogP contribution in [0.5, 0.6) is 5.75 Å². The van der Waals surface area contributed by atoms with E-state index in [1.54, 1.807) is 18.4 Å². The van der Waals surface area contributed by atoms with E-state index in [-0.39, 0.29) is 0 Å². The van der Waals surface area contributed by atoms with E-state index in [1.165, 1.54) is 10.4 Å². The van der Waals surface area contributed by atoms with Crippen LogP contribution in [0.3, 0.4) is 0 Å². The third kappa shape index (κ3) is 3.28. The number of thiophene rings is 1. The van der Waals surface area contributed by atoms with Crippen molar-refractivity contribution in [3.8, 4) is 5.75 Å². The maximum Gasteiger partial charge on any atom is 0.119 e. The molecule has 0 aliphatic heterocycles. The number of aryl methyl sites for hydroxylation is 1. The van der Waals surface area contributed by atoms with Crippen LogP contribution in [0.4, 0.5) is 0 Å². The summed E-state index contributed by atoms with van der Waals surface area (Å²) >= 11 is 11.5. The van der Waals surface area contributed by atoms with Gasteiger partial charge in [0.15, 0.2) is 0 Å². The Morgan fingerprint density at radius 2 is 2.17 bits per heavy atom. The lowest BCUT2D eigenvalue weighted by Gasteiger charge is -2.09. The van der Waals surface area contributed by atoms with Crippen molar-refractivity contribution in [2.75, 3.05) is 7.11 Å². The Morgan fingerprint density at radius 1 is 1.39 bits per heavy atom. The van der Waals surface area contributed by atoms with Gasteiger partial charge in [-0.2, -0.15) is 0 Å². The molecule has 0 radical (unpaired) electrons. The normalized spacial score (nSPS) is 12.4. The lowest BCUT2D eigenvalue weighted by atomic mass is 10.1. The molecule has 2 aromatic rings. The SMILES string of the molecule is COc1cccc(CC(Br)c2cc(C)c(Cl)s2)c1. The Labute approximate surface area is 125 Å². The summed E-state index contributed by atoms with van der Waals surface area (Å²) < 4.78 is 6.11. The molecular weight excluding hydrogens is 332 g/mol.